The molecule has 0 bridgehead atoms. The molecule has 0 aliphatic heterocycles. The Bertz CT molecular complexity index is 450. The summed E-state index contributed by atoms with van der Waals surface area (Å²) < 4.78 is 5.09. The van der Waals surface area contributed by atoms with E-state index in [9.17, 15) is 0 Å². The molecule has 1 unspecified atom stereocenters. The largest absolute Gasteiger partial charge is 0.383 e. The quantitative estimate of drug-likeness (QED) is 0.808. The lowest BCUT2D eigenvalue weighted by Crippen LogP contribution is -2.29. The van der Waals surface area contributed by atoms with E-state index in [4.69, 9.17) is 4.74 Å². The number of methoxy groups -OCH3 is 1. The number of aromatic nitrogens is 1. The third-order valence-electron chi connectivity index (χ3n) is 2.73. The number of hydrogen-bond donors (Lipinski definition) is 2. The van der Waals surface area contributed by atoms with Crippen LogP contribution in [-0.4, -0.2) is 24.7 Å². The maximum absolute atomic E-state index is 5.09. The fraction of sp³-hybridized carbons (Fsp3) is 0.385. The van der Waals surface area contributed by atoms with Crippen LogP contribution in [0.2, 0.25) is 0 Å². The first kappa shape index (κ1) is 11.2. The standard InChI is InChI=1S/C13H18N2O/c1-10(9-16-2)15-8-12-5-3-4-11-6-7-14-13(11)12/h3-7,10,14-15H,8-9H2,1-2H3. The number of aromatic amines is 1. The summed E-state index contributed by atoms with van der Waals surface area (Å²) in [5, 5.41) is 4.70. The molecule has 0 saturated heterocycles. The lowest BCUT2D eigenvalue weighted by Gasteiger charge is -2.13. The van der Waals surface area contributed by atoms with Crippen LogP contribution < -0.4 is 5.32 Å². The van der Waals surface area contributed by atoms with Gasteiger partial charge in [-0.1, -0.05) is 18.2 Å². The van der Waals surface area contributed by atoms with Gasteiger partial charge < -0.3 is 15.0 Å². The lowest BCUT2D eigenvalue weighted by molar-refractivity contribution is 0.172. The molecular weight excluding hydrogens is 200 g/mol. The van der Waals surface area contributed by atoms with Crippen molar-refractivity contribution >= 4 is 10.9 Å². The van der Waals surface area contributed by atoms with Gasteiger partial charge in [0.2, 0.25) is 0 Å². The highest BCUT2D eigenvalue weighted by Gasteiger charge is 2.04. The van der Waals surface area contributed by atoms with Gasteiger partial charge in [0.1, 0.15) is 0 Å². The number of para-hydroxylation sites is 1. The van der Waals surface area contributed by atoms with E-state index in [1.54, 1.807) is 7.11 Å². The molecule has 0 aliphatic carbocycles. The van der Waals surface area contributed by atoms with Gasteiger partial charge in [-0.05, 0) is 23.9 Å². The van der Waals surface area contributed by atoms with E-state index in [1.807, 2.05) is 6.20 Å². The predicted octanol–water partition coefficient (Wildman–Crippen LogP) is 2.29. The Hall–Kier alpha value is -1.32. The average molecular weight is 218 g/mol. The van der Waals surface area contributed by atoms with Gasteiger partial charge in [-0.3, -0.25) is 0 Å². The average Bonchev–Trinajstić information content (AvgIpc) is 2.75. The molecule has 1 atom stereocenters. The molecule has 2 aromatic rings. The molecular formula is C13H18N2O. The summed E-state index contributed by atoms with van der Waals surface area (Å²) >= 11 is 0. The Balaban J connectivity index is 2.06. The molecule has 1 heterocycles. The van der Waals surface area contributed by atoms with Crippen LogP contribution >= 0.6 is 0 Å². The first-order chi connectivity index (χ1) is 7.81. The van der Waals surface area contributed by atoms with Crippen LogP contribution in [0.1, 0.15) is 12.5 Å². The summed E-state index contributed by atoms with van der Waals surface area (Å²) in [4.78, 5) is 3.27. The Kier molecular flexibility index (Phi) is 3.59. The number of hydrogen-bond acceptors (Lipinski definition) is 2. The molecule has 0 spiro atoms. The maximum Gasteiger partial charge on any atom is 0.0613 e. The number of rotatable bonds is 5. The Morgan fingerprint density at radius 1 is 1.38 bits per heavy atom. The number of benzene rings is 1. The molecule has 0 fully saturated rings. The van der Waals surface area contributed by atoms with Crippen LogP contribution in [0.15, 0.2) is 30.5 Å². The van der Waals surface area contributed by atoms with E-state index in [1.165, 1.54) is 16.5 Å². The van der Waals surface area contributed by atoms with Gasteiger partial charge in [-0.25, -0.2) is 0 Å². The highest BCUT2D eigenvalue weighted by atomic mass is 16.5. The number of fused-ring (bicyclic) bond motifs is 1. The Morgan fingerprint density at radius 3 is 3.06 bits per heavy atom. The van der Waals surface area contributed by atoms with Gasteiger partial charge in [0.05, 0.1) is 6.61 Å². The Labute approximate surface area is 95.8 Å². The molecule has 1 aromatic carbocycles. The minimum absolute atomic E-state index is 0.371. The van der Waals surface area contributed by atoms with E-state index < -0.39 is 0 Å². The molecule has 3 heteroatoms. The van der Waals surface area contributed by atoms with Gasteiger partial charge in [0.15, 0.2) is 0 Å². The van der Waals surface area contributed by atoms with Crippen LogP contribution in [0.5, 0.6) is 0 Å². The zero-order valence-corrected chi connectivity index (χ0v) is 9.79. The maximum atomic E-state index is 5.09. The van der Waals surface area contributed by atoms with E-state index in [0.29, 0.717) is 6.04 Å². The number of nitrogens with one attached hydrogen (secondary N) is 2. The van der Waals surface area contributed by atoms with Crippen molar-refractivity contribution in [1.82, 2.24) is 10.3 Å². The first-order valence-corrected chi connectivity index (χ1v) is 5.58. The van der Waals surface area contributed by atoms with Crippen molar-refractivity contribution in [2.75, 3.05) is 13.7 Å². The van der Waals surface area contributed by atoms with E-state index >= 15 is 0 Å². The zero-order valence-electron chi connectivity index (χ0n) is 9.79. The smallest absolute Gasteiger partial charge is 0.0613 e. The SMILES string of the molecule is COCC(C)NCc1cccc2cc[nH]c12. The molecule has 16 heavy (non-hydrogen) atoms. The lowest BCUT2D eigenvalue weighted by atomic mass is 10.1. The van der Waals surface area contributed by atoms with Gasteiger partial charge in [0, 0.05) is 31.4 Å². The normalized spacial score (nSPS) is 13.1. The summed E-state index contributed by atoms with van der Waals surface area (Å²) in [7, 11) is 1.73. The van der Waals surface area contributed by atoms with E-state index in [-0.39, 0.29) is 0 Å². The molecule has 0 amide bonds. The summed E-state index contributed by atoms with van der Waals surface area (Å²) in [6.45, 7) is 3.72. The third kappa shape index (κ3) is 2.43. The highest BCUT2D eigenvalue weighted by Crippen LogP contribution is 2.16. The molecule has 2 N–H and O–H groups in total. The van der Waals surface area contributed by atoms with Crippen LogP contribution in [0.3, 0.4) is 0 Å². The van der Waals surface area contributed by atoms with E-state index in [0.717, 1.165) is 13.2 Å². The van der Waals surface area contributed by atoms with E-state index in [2.05, 4.69) is 41.5 Å². The second kappa shape index (κ2) is 5.14. The summed E-state index contributed by atoms with van der Waals surface area (Å²) in [6.07, 6.45) is 1.98. The van der Waals surface area contributed by atoms with Crippen molar-refractivity contribution in [3.05, 3.63) is 36.0 Å². The molecule has 0 aliphatic rings. The third-order valence-corrected chi connectivity index (χ3v) is 2.73. The molecule has 1 aromatic heterocycles. The molecule has 0 saturated carbocycles. The second-order valence-electron chi connectivity index (χ2n) is 4.10. The molecule has 2 rings (SSSR count). The van der Waals surface area contributed by atoms with Crippen LogP contribution in [0, 0.1) is 0 Å². The summed E-state index contributed by atoms with van der Waals surface area (Å²) in [5.41, 5.74) is 2.52. The Morgan fingerprint density at radius 2 is 2.25 bits per heavy atom. The van der Waals surface area contributed by atoms with Gasteiger partial charge in [0.25, 0.3) is 0 Å². The van der Waals surface area contributed by atoms with Crippen molar-refractivity contribution in [3.8, 4) is 0 Å². The fourth-order valence-electron chi connectivity index (χ4n) is 1.89. The van der Waals surface area contributed by atoms with Gasteiger partial charge >= 0.3 is 0 Å². The summed E-state index contributed by atoms with van der Waals surface area (Å²) in [5.74, 6) is 0. The van der Waals surface area contributed by atoms with Crippen molar-refractivity contribution in [2.45, 2.75) is 19.5 Å². The number of H-pyrrole nitrogens is 1. The van der Waals surface area contributed by atoms with Crippen molar-refractivity contribution < 1.29 is 4.74 Å². The molecule has 0 radical (unpaired) electrons. The first-order valence-electron chi connectivity index (χ1n) is 5.58. The van der Waals surface area contributed by atoms with Crippen molar-refractivity contribution in [3.63, 3.8) is 0 Å². The number of ether oxygens (including phenoxy) is 1. The van der Waals surface area contributed by atoms with Gasteiger partial charge in [-0.2, -0.15) is 0 Å². The zero-order chi connectivity index (χ0) is 11.4. The fourth-order valence-corrected chi connectivity index (χ4v) is 1.89. The van der Waals surface area contributed by atoms with Crippen LogP contribution in [0.25, 0.3) is 10.9 Å². The van der Waals surface area contributed by atoms with Crippen molar-refractivity contribution in [1.29, 1.82) is 0 Å². The minimum Gasteiger partial charge on any atom is -0.383 e. The second-order valence-corrected chi connectivity index (χ2v) is 4.10. The highest BCUT2D eigenvalue weighted by molar-refractivity contribution is 5.82. The predicted molar refractivity (Wildman–Crippen MR) is 66.5 cm³/mol. The van der Waals surface area contributed by atoms with Crippen molar-refractivity contribution in [2.24, 2.45) is 0 Å². The monoisotopic (exact) mass is 218 g/mol. The summed E-state index contributed by atoms with van der Waals surface area (Å²) in [6, 6.07) is 8.82. The minimum atomic E-state index is 0.371. The van der Waals surface area contributed by atoms with Gasteiger partial charge in [-0.15, -0.1) is 0 Å². The molecule has 3 nitrogen and oxygen atoms in total. The van der Waals surface area contributed by atoms with Crippen LogP contribution in [-0.2, 0) is 11.3 Å². The molecule has 86 valence electrons. The topological polar surface area (TPSA) is 37.0 Å². The van der Waals surface area contributed by atoms with Crippen LogP contribution in [0.4, 0.5) is 0 Å².